The molecule has 17 heavy (non-hydrogen) atoms. The van der Waals surface area contributed by atoms with Crippen LogP contribution in [0.3, 0.4) is 0 Å². The van der Waals surface area contributed by atoms with Crippen LogP contribution in [-0.2, 0) is 6.61 Å². The van der Waals surface area contributed by atoms with Crippen molar-refractivity contribution in [2.75, 3.05) is 7.11 Å². The van der Waals surface area contributed by atoms with Crippen molar-refractivity contribution in [1.82, 2.24) is 0 Å². The number of ether oxygens (including phenoxy) is 1. The predicted octanol–water partition coefficient (Wildman–Crippen LogP) is 2.56. The van der Waals surface area contributed by atoms with E-state index in [1.54, 1.807) is 12.1 Å². The topological polar surface area (TPSA) is 49.7 Å². The molecule has 0 atom stereocenters. The van der Waals surface area contributed by atoms with Crippen molar-refractivity contribution in [1.29, 1.82) is 0 Å². The summed E-state index contributed by atoms with van der Waals surface area (Å²) in [5.41, 5.74) is 2.60. The first kappa shape index (κ1) is 11.5. The highest BCUT2D eigenvalue weighted by atomic mass is 16.5. The molecule has 0 saturated heterocycles. The first-order valence-electron chi connectivity index (χ1n) is 5.32. The van der Waals surface area contributed by atoms with E-state index in [-0.39, 0.29) is 12.4 Å². The largest absolute Gasteiger partial charge is 0.504 e. The Balaban J connectivity index is 2.49. The van der Waals surface area contributed by atoms with Gasteiger partial charge in [-0.25, -0.2) is 0 Å². The molecule has 0 aliphatic carbocycles. The van der Waals surface area contributed by atoms with Crippen molar-refractivity contribution in [3.05, 3.63) is 48.0 Å². The molecule has 0 aliphatic rings. The van der Waals surface area contributed by atoms with Gasteiger partial charge in [-0.15, -0.1) is 0 Å². The van der Waals surface area contributed by atoms with Crippen LogP contribution in [0.4, 0.5) is 0 Å². The third-order valence-electron chi connectivity index (χ3n) is 2.68. The van der Waals surface area contributed by atoms with Crippen molar-refractivity contribution >= 4 is 0 Å². The van der Waals surface area contributed by atoms with E-state index in [1.807, 2.05) is 30.3 Å². The van der Waals surface area contributed by atoms with Crippen LogP contribution in [0.2, 0.25) is 0 Å². The summed E-state index contributed by atoms with van der Waals surface area (Å²) >= 11 is 0. The number of hydrogen-bond donors (Lipinski definition) is 2. The Labute approximate surface area is 99.9 Å². The molecule has 0 saturated carbocycles. The van der Waals surface area contributed by atoms with Crippen LogP contribution in [-0.4, -0.2) is 17.3 Å². The van der Waals surface area contributed by atoms with Crippen LogP contribution in [0.25, 0.3) is 11.1 Å². The highest BCUT2D eigenvalue weighted by Crippen LogP contribution is 2.32. The molecule has 0 fully saturated rings. The third kappa shape index (κ3) is 2.24. The van der Waals surface area contributed by atoms with Gasteiger partial charge < -0.3 is 14.9 Å². The first-order valence-corrected chi connectivity index (χ1v) is 5.32. The van der Waals surface area contributed by atoms with E-state index >= 15 is 0 Å². The van der Waals surface area contributed by atoms with E-state index in [9.17, 15) is 10.2 Å². The molecular weight excluding hydrogens is 216 g/mol. The second-order valence-electron chi connectivity index (χ2n) is 3.70. The zero-order chi connectivity index (χ0) is 12.3. The van der Waals surface area contributed by atoms with Crippen molar-refractivity contribution in [2.45, 2.75) is 6.61 Å². The maximum Gasteiger partial charge on any atom is 0.160 e. The highest BCUT2D eigenvalue weighted by molar-refractivity contribution is 5.70. The SMILES string of the molecule is COc1ccc(-c2ccccc2CO)cc1O. The van der Waals surface area contributed by atoms with Crippen LogP contribution >= 0.6 is 0 Å². The predicted molar refractivity (Wildman–Crippen MR) is 66.0 cm³/mol. The summed E-state index contributed by atoms with van der Waals surface area (Å²) in [4.78, 5) is 0. The summed E-state index contributed by atoms with van der Waals surface area (Å²) in [5.74, 6) is 0.535. The maximum atomic E-state index is 9.73. The summed E-state index contributed by atoms with van der Waals surface area (Å²) in [6.07, 6.45) is 0. The number of phenols is 1. The van der Waals surface area contributed by atoms with Gasteiger partial charge in [-0.05, 0) is 28.8 Å². The number of phenolic OH excluding ortho intramolecular Hbond substituents is 1. The molecule has 88 valence electrons. The van der Waals surface area contributed by atoms with Gasteiger partial charge in [0.1, 0.15) is 0 Å². The molecule has 0 spiro atoms. The lowest BCUT2D eigenvalue weighted by molar-refractivity contribution is 0.282. The van der Waals surface area contributed by atoms with Crippen LogP contribution in [0.5, 0.6) is 11.5 Å². The summed E-state index contributed by atoms with van der Waals surface area (Å²) in [6, 6.07) is 12.7. The molecule has 0 aliphatic heterocycles. The number of aliphatic hydroxyl groups is 1. The minimum Gasteiger partial charge on any atom is -0.504 e. The quantitative estimate of drug-likeness (QED) is 0.852. The smallest absolute Gasteiger partial charge is 0.160 e. The van der Waals surface area contributed by atoms with Gasteiger partial charge in [0, 0.05) is 0 Å². The molecule has 2 rings (SSSR count). The normalized spacial score (nSPS) is 10.2. The summed E-state index contributed by atoms with van der Waals surface area (Å²) in [6.45, 7) is -0.0248. The van der Waals surface area contributed by atoms with Gasteiger partial charge in [0.15, 0.2) is 11.5 Å². The molecule has 0 aromatic heterocycles. The number of rotatable bonds is 3. The molecule has 3 nitrogen and oxygen atoms in total. The average molecular weight is 230 g/mol. The van der Waals surface area contributed by atoms with E-state index in [0.29, 0.717) is 5.75 Å². The molecule has 2 N–H and O–H groups in total. The van der Waals surface area contributed by atoms with Crippen molar-refractivity contribution in [2.24, 2.45) is 0 Å². The van der Waals surface area contributed by atoms with E-state index < -0.39 is 0 Å². The van der Waals surface area contributed by atoms with Crippen LogP contribution in [0, 0.1) is 0 Å². The number of methoxy groups -OCH3 is 1. The van der Waals surface area contributed by atoms with Crippen molar-refractivity contribution in [3.63, 3.8) is 0 Å². The zero-order valence-corrected chi connectivity index (χ0v) is 9.55. The lowest BCUT2D eigenvalue weighted by Crippen LogP contribution is -1.89. The van der Waals surface area contributed by atoms with Crippen LogP contribution in [0.1, 0.15) is 5.56 Å². The van der Waals surface area contributed by atoms with Crippen LogP contribution in [0.15, 0.2) is 42.5 Å². The van der Waals surface area contributed by atoms with Gasteiger partial charge in [0.05, 0.1) is 13.7 Å². The molecular formula is C14H14O3. The molecule has 0 bridgehead atoms. The lowest BCUT2D eigenvalue weighted by atomic mass is 10.00. The first-order chi connectivity index (χ1) is 8.26. The molecule has 0 amide bonds. The van der Waals surface area contributed by atoms with Gasteiger partial charge in [-0.2, -0.15) is 0 Å². The Bertz CT molecular complexity index is 521. The Morgan fingerprint density at radius 2 is 1.88 bits per heavy atom. The van der Waals surface area contributed by atoms with Gasteiger partial charge in [0.25, 0.3) is 0 Å². The summed E-state index contributed by atoms with van der Waals surface area (Å²) in [5, 5.41) is 19.0. The molecule has 0 heterocycles. The van der Waals surface area contributed by atoms with Gasteiger partial charge in [-0.3, -0.25) is 0 Å². The Morgan fingerprint density at radius 1 is 1.12 bits per heavy atom. The minimum atomic E-state index is -0.0248. The van der Waals surface area contributed by atoms with E-state index in [0.717, 1.165) is 16.7 Å². The van der Waals surface area contributed by atoms with E-state index in [1.165, 1.54) is 7.11 Å². The molecule has 0 unspecified atom stereocenters. The van der Waals surface area contributed by atoms with Gasteiger partial charge in [-0.1, -0.05) is 30.3 Å². The fraction of sp³-hybridized carbons (Fsp3) is 0.143. The van der Waals surface area contributed by atoms with E-state index in [4.69, 9.17) is 4.74 Å². The second-order valence-corrected chi connectivity index (χ2v) is 3.70. The number of benzene rings is 2. The van der Waals surface area contributed by atoms with Crippen molar-refractivity contribution in [3.8, 4) is 22.6 Å². The van der Waals surface area contributed by atoms with Gasteiger partial charge >= 0.3 is 0 Å². The fourth-order valence-electron chi connectivity index (χ4n) is 1.80. The monoisotopic (exact) mass is 230 g/mol. The summed E-state index contributed by atoms with van der Waals surface area (Å²) < 4.78 is 4.99. The maximum absolute atomic E-state index is 9.73. The molecule has 2 aromatic rings. The average Bonchev–Trinajstić information content (AvgIpc) is 2.38. The number of aromatic hydroxyl groups is 1. The highest BCUT2D eigenvalue weighted by Gasteiger charge is 2.07. The second kappa shape index (κ2) is 4.89. The molecule has 2 aromatic carbocycles. The Kier molecular flexibility index (Phi) is 3.30. The summed E-state index contributed by atoms with van der Waals surface area (Å²) in [7, 11) is 1.51. The molecule has 0 radical (unpaired) electrons. The Morgan fingerprint density at radius 3 is 2.53 bits per heavy atom. The fourth-order valence-corrected chi connectivity index (χ4v) is 1.80. The van der Waals surface area contributed by atoms with Crippen LogP contribution < -0.4 is 4.74 Å². The Hall–Kier alpha value is -2.00. The van der Waals surface area contributed by atoms with Gasteiger partial charge in [0.2, 0.25) is 0 Å². The van der Waals surface area contributed by atoms with Crippen molar-refractivity contribution < 1.29 is 14.9 Å². The number of aliphatic hydroxyl groups excluding tert-OH is 1. The third-order valence-corrected chi connectivity index (χ3v) is 2.68. The number of hydrogen-bond acceptors (Lipinski definition) is 3. The lowest BCUT2D eigenvalue weighted by Gasteiger charge is -2.09. The molecule has 3 heteroatoms. The standard InChI is InChI=1S/C14H14O3/c1-17-14-7-6-10(8-13(14)16)12-5-3-2-4-11(12)9-15/h2-8,15-16H,9H2,1H3. The van der Waals surface area contributed by atoms with E-state index in [2.05, 4.69) is 0 Å². The zero-order valence-electron chi connectivity index (χ0n) is 9.55. The minimum absolute atomic E-state index is 0.0248.